The maximum atomic E-state index is 12.5. The standard InChI is InChI=1S/C43H30N2O2/c46-45(47)42-28-26-36(44(34-19-9-3-10-20-34)35-21-11-4-12-22-35)30-38(42)31-25-27-41-39(29-31)37-23-13-14-24-40(37)43(41,32-15-5-1-6-16-32)33-17-7-2-8-18-33/h1-30H. The highest BCUT2D eigenvalue weighted by atomic mass is 16.6. The van der Waals surface area contributed by atoms with E-state index < -0.39 is 5.41 Å². The molecule has 0 N–H and O–H groups in total. The summed E-state index contributed by atoms with van der Waals surface area (Å²) in [6.07, 6.45) is 0. The second kappa shape index (κ2) is 11.6. The highest BCUT2D eigenvalue weighted by Gasteiger charge is 2.46. The summed E-state index contributed by atoms with van der Waals surface area (Å²) in [6.45, 7) is 0. The fraction of sp³-hybridized carbons (Fsp3) is 0.0233. The first-order valence-electron chi connectivity index (χ1n) is 15.7. The van der Waals surface area contributed by atoms with E-state index in [1.807, 2.05) is 91.0 Å². The van der Waals surface area contributed by atoms with E-state index in [-0.39, 0.29) is 10.6 Å². The largest absolute Gasteiger partial charge is 0.310 e. The molecule has 0 amide bonds. The summed E-state index contributed by atoms with van der Waals surface area (Å²) in [4.78, 5) is 14.4. The first-order chi connectivity index (χ1) is 23.2. The number of hydrogen-bond donors (Lipinski definition) is 0. The zero-order valence-electron chi connectivity index (χ0n) is 25.5. The average Bonchev–Trinajstić information content (AvgIpc) is 3.44. The Hall–Kier alpha value is -6.26. The summed E-state index contributed by atoms with van der Waals surface area (Å²) in [5.74, 6) is 0. The van der Waals surface area contributed by atoms with Crippen molar-refractivity contribution in [3.63, 3.8) is 0 Å². The topological polar surface area (TPSA) is 46.4 Å². The molecule has 4 heteroatoms. The number of nitro benzene ring substituents is 1. The van der Waals surface area contributed by atoms with E-state index >= 15 is 0 Å². The Morgan fingerprint density at radius 2 is 0.957 bits per heavy atom. The van der Waals surface area contributed by atoms with Gasteiger partial charge in [0.15, 0.2) is 0 Å². The van der Waals surface area contributed by atoms with Crippen molar-refractivity contribution in [2.24, 2.45) is 0 Å². The molecule has 0 heterocycles. The number of rotatable bonds is 7. The van der Waals surface area contributed by atoms with Gasteiger partial charge in [-0.1, -0.05) is 133 Å². The van der Waals surface area contributed by atoms with E-state index in [0.29, 0.717) is 5.56 Å². The highest BCUT2D eigenvalue weighted by molar-refractivity contribution is 5.91. The Balaban J connectivity index is 1.36. The molecule has 4 nitrogen and oxygen atoms in total. The molecule has 1 aliphatic carbocycles. The minimum Gasteiger partial charge on any atom is -0.310 e. The van der Waals surface area contributed by atoms with Crippen LogP contribution in [0.3, 0.4) is 0 Å². The summed E-state index contributed by atoms with van der Waals surface area (Å²) in [7, 11) is 0. The third kappa shape index (κ3) is 4.62. The molecule has 0 bridgehead atoms. The maximum Gasteiger partial charge on any atom is 0.277 e. The number of fused-ring (bicyclic) bond motifs is 3. The van der Waals surface area contributed by atoms with E-state index in [1.165, 1.54) is 16.7 Å². The van der Waals surface area contributed by atoms with Gasteiger partial charge in [0, 0.05) is 23.1 Å². The third-order valence-corrected chi connectivity index (χ3v) is 9.23. The monoisotopic (exact) mass is 606 g/mol. The molecule has 1 aliphatic rings. The van der Waals surface area contributed by atoms with Crippen LogP contribution in [-0.4, -0.2) is 4.92 Å². The van der Waals surface area contributed by atoms with Gasteiger partial charge in [0.1, 0.15) is 0 Å². The van der Waals surface area contributed by atoms with E-state index in [0.717, 1.165) is 39.3 Å². The van der Waals surface area contributed by atoms with Crippen LogP contribution >= 0.6 is 0 Å². The summed E-state index contributed by atoms with van der Waals surface area (Å²) < 4.78 is 0. The summed E-state index contributed by atoms with van der Waals surface area (Å²) >= 11 is 0. The van der Waals surface area contributed by atoms with Crippen LogP contribution in [0.5, 0.6) is 0 Å². The Kier molecular flexibility index (Phi) is 6.96. The number of anilines is 3. The molecule has 0 unspecified atom stereocenters. The molecule has 224 valence electrons. The highest BCUT2D eigenvalue weighted by Crippen LogP contribution is 2.57. The van der Waals surface area contributed by atoms with Crippen LogP contribution in [0.4, 0.5) is 22.7 Å². The molecule has 0 fully saturated rings. The Bertz CT molecular complexity index is 2140. The molecule has 47 heavy (non-hydrogen) atoms. The van der Waals surface area contributed by atoms with Gasteiger partial charge in [0.25, 0.3) is 5.69 Å². The van der Waals surface area contributed by atoms with Crippen LogP contribution in [0, 0.1) is 10.1 Å². The smallest absolute Gasteiger partial charge is 0.277 e. The first kappa shape index (κ1) is 28.2. The van der Waals surface area contributed by atoms with Crippen molar-refractivity contribution in [2.45, 2.75) is 5.41 Å². The summed E-state index contributed by atoms with van der Waals surface area (Å²) in [5.41, 5.74) is 10.6. The first-order valence-corrected chi connectivity index (χ1v) is 15.7. The third-order valence-electron chi connectivity index (χ3n) is 9.23. The predicted octanol–water partition coefficient (Wildman–Crippen LogP) is 11.1. The lowest BCUT2D eigenvalue weighted by molar-refractivity contribution is -0.384. The van der Waals surface area contributed by atoms with Crippen LogP contribution in [0.2, 0.25) is 0 Å². The van der Waals surface area contributed by atoms with Crippen LogP contribution in [-0.2, 0) is 5.41 Å². The second-order valence-electron chi connectivity index (χ2n) is 11.8. The van der Waals surface area contributed by atoms with Crippen LogP contribution < -0.4 is 4.90 Å². The summed E-state index contributed by atoms with van der Waals surface area (Å²) in [5, 5.41) is 12.5. The number of nitrogens with zero attached hydrogens (tertiary/aromatic N) is 2. The van der Waals surface area contributed by atoms with Crippen LogP contribution in [0.25, 0.3) is 22.3 Å². The minimum atomic E-state index is -0.530. The van der Waals surface area contributed by atoms with Crippen molar-refractivity contribution in [1.29, 1.82) is 0 Å². The Labute approximate surface area is 274 Å². The average molecular weight is 607 g/mol. The van der Waals surface area contributed by atoms with E-state index in [2.05, 4.69) is 89.8 Å². The van der Waals surface area contributed by atoms with Crippen molar-refractivity contribution in [3.8, 4) is 22.3 Å². The number of benzene rings is 7. The fourth-order valence-electron chi connectivity index (χ4n) is 7.27. The molecular formula is C43H30N2O2. The molecule has 0 atom stereocenters. The van der Waals surface area contributed by atoms with Gasteiger partial charge in [-0.15, -0.1) is 0 Å². The zero-order chi connectivity index (χ0) is 31.8. The van der Waals surface area contributed by atoms with Gasteiger partial charge in [-0.2, -0.15) is 0 Å². The molecule has 8 rings (SSSR count). The predicted molar refractivity (Wildman–Crippen MR) is 191 cm³/mol. The van der Waals surface area contributed by atoms with Crippen molar-refractivity contribution >= 4 is 22.7 Å². The van der Waals surface area contributed by atoms with Gasteiger partial charge < -0.3 is 4.90 Å². The van der Waals surface area contributed by atoms with E-state index in [9.17, 15) is 10.1 Å². The number of hydrogen-bond acceptors (Lipinski definition) is 3. The van der Waals surface area contributed by atoms with Crippen molar-refractivity contribution in [3.05, 3.63) is 214 Å². The van der Waals surface area contributed by atoms with Crippen molar-refractivity contribution in [1.82, 2.24) is 0 Å². The molecule has 7 aromatic rings. The van der Waals surface area contributed by atoms with Crippen molar-refractivity contribution < 1.29 is 4.92 Å². The Morgan fingerprint density at radius 1 is 0.447 bits per heavy atom. The van der Waals surface area contributed by atoms with Gasteiger partial charge in [-0.05, 0) is 81.4 Å². The lowest BCUT2D eigenvalue weighted by Crippen LogP contribution is -2.28. The minimum absolute atomic E-state index is 0.0680. The lowest BCUT2D eigenvalue weighted by Gasteiger charge is -2.33. The Morgan fingerprint density at radius 3 is 1.53 bits per heavy atom. The van der Waals surface area contributed by atoms with Gasteiger partial charge in [-0.3, -0.25) is 10.1 Å². The fourth-order valence-corrected chi connectivity index (χ4v) is 7.27. The maximum absolute atomic E-state index is 12.5. The number of nitro groups is 1. The molecule has 0 aromatic heterocycles. The second-order valence-corrected chi connectivity index (χ2v) is 11.8. The quantitative estimate of drug-likeness (QED) is 0.134. The van der Waals surface area contributed by atoms with Crippen LogP contribution in [0.15, 0.2) is 182 Å². The molecule has 7 aromatic carbocycles. The molecular weight excluding hydrogens is 576 g/mol. The molecule has 0 radical (unpaired) electrons. The molecule has 0 saturated carbocycles. The van der Waals surface area contributed by atoms with Gasteiger partial charge >= 0.3 is 0 Å². The van der Waals surface area contributed by atoms with E-state index in [1.54, 1.807) is 6.07 Å². The number of para-hydroxylation sites is 2. The molecule has 0 aliphatic heterocycles. The van der Waals surface area contributed by atoms with Gasteiger partial charge in [0.2, 0.25) is 0 Å². The van der Waals surface area contributed by atoms with Gasteiger partial charge in [0.05, 0.1) is 15.9 Å². The zero-order valence-corrected chi connectivity index (χ0v) is 25.5. The van der Waals surface area contributed by atoms with E-state index in [4.69, 9.17) is 0 Å². The van der Waals surface area contributed by atoms with Crippen LogP contribution in [0.1, 0.15) is 22.3 Å². The van der Waals surface area contributed by atoms with Gasteiger partial charge in [-0.25, -0.2) is 0 Å². The molecule has 0 spiro atoms. The summed E-state index contributed by atoms with van der Waals surface area (Å²) in [6, 6.07) is 61.8. The normalized spacial score (nSPS) is 12.6. The lowest BCUT2D eigenvalue weighted by atomic mass is 9.67. The SMILES string of the molecule is O=[N+]([O-])c1ccc(N(c2ccccc2)c2ccccc2)cc1-c1ccc2c(c1)-c1ccccc1C2(c1ccccc1)c1ccccc1. The molecule has 0 saturated heterocycles. The van der Waals surface area contributed by atoms with Crippen molar-refractivity contribution in [2.75, 3.05) is 4.90 Å².